The summed E-state index contributed by atoms with van der Waals surface area (Å²) in [6.07, 6.45) is 0.917. The summed E-state index contributed by atoms with van der Waals surface area (Å²) in [6.45, 7) is 3.28. The van der Waals surface area contributed by atoms with Gasteiger partial charge >= 0.3 is 0 Å². The van der Waals surface area contributed by atoms with Gasteiger partial charge in [0, 0.05) is 24.5 Å². The smallest absolute Gasteiger partial charge is 0.232 e. The first-order valence-electron chi connectivity index (χ1n) is 8.55. The van der Waals surface area contributed by atoms with Crippen LogP contribution in [0.15, 0.2) is 36.4 Å². The van der Waals surface area contributed by atoms with E-state index >= 15 is 0 Å². The third-order valence-electron chi connectivity index (χ3n) is 4.60. The molecule has 0 radical (unpaired) electrons. The summed E-state index contributed by atoms with van der Waals surface area (Å²) in [5, 5.41) is 0. The maximum Gasteiger partial charge on any atom is 0.232 e. The molecule has 2 aromatic rings. The quantitative estimate of drug-likeness (QED) is 0.839. The summed E-state index contributed by atoms with van der Waals surface area (Å²) >= 11 is 0. The van der Waals surface area contributed by atoms with Crippen LogP contribution in [0.5, 0.6) is 11.5 Å². The van der Waals surface area contributed by atoms with Crippen molar-refractivity contribution in [1.82, 2.24) is 0 Å². The maximum absolute atomic E-state index is 11.7. The van der Waals surface area contributed by atoms with Crippen LogP contribution >= 0.6 is 0 Å². The molecule has 0 atom stereocenters. The Hall–Kier alpha value is -2.41. The first-order chi connectivity index (χ1) is 12.5. The molecule has 0 unspecified atom stereocenters. The van der Waals surface area contributed by atoms with Crippen LogP contribution in [0.1, 0.15) is 18.1 Å². The van der Waals surface area contributed by atoms with Crippen LogP contribution in [0.4, 0.5) is 11.4 Å². The van der Waals surface area contributed by atoms with E-state index in [-0.39, 0.29) is 5.75 Å². The Morgan fingerprint density at radius 2 is 1.65 bits per heavy atom. The summed E-state index contributed by atoms with van der Waals surface area (Å²) in [5.41, 5.74) is 4.13. The van der Waals surface area contributed by atoms with Crippen molar-refractivity contribution in [2.75, 3.05) is 36.1 Å². The lowest BCUT2D eigenvalue weighted by Crippen LogP contribution is -2.30. The molecular weight excluding hydrogens is 352 g/mol. The van der Waals surface area contributed by atoms with Crippen molar-refractivity contribution in [3.8, 4) is 11.5 Å². The van der Waals surface area contributed by atoms with Gasteiger partial charge in [0.05, 0.1) is 20.0 Å². The number of rotatable bonds is 6. The predicted molar refractivity (Wildman–Crippen MR) is 104 cm³/mol. The number of hydrogen-bond donors (Lipinski definition) is 1. The highest BCUT2D eigenvalue weighted by molar-refractivity contribution is 7.92. The van der Waals surface area contributed by atoms with Crippen LogP contribution in [-0.4, -0.2) is 34.9 Å². The SMILES string of the molecule is CCS(=O)(=O)Nc1ccc(N2CCc3cc(OC)c(OC)cc3C2)cc1. The average molecular weight is 376 g/mol. The Morgan fingerprint density at radius 3 is 2.23 bits per heavy atom. The molecule has 0 saturated carbocycles. The number of benzene rings is 2. The Labute approximate surface area is 154 Å². The van der Waals surface area contributed by atoms with E-state index in [4.69, 9.17) is 9.47 Å². The average Bonchev–Trinajstić information content (AvgIpc) is 2.66. The second-order valence-corrected chi connectivity index (χ2v) is 8.21. The molecule has 0 aliphatic carbocycles. The standard InChI is InChI=1S/C19H24N2O4S/c1-4-26(22,23)20-16-5-7-17(8-6-16)21-10-9-14-11-18(24-2)19(25-3)12-15(14)13-21/h5-8,11-12,20H,4,9-10,13H2,1-3H3. The van der Waals surface area contributed by atoms with Crippen LogP contribution in [-0.2, 0) is 23.0 Å². The van der Waals surface area contributed by atoms with E-state index in [1.807, 2.05) is 24.3 Å². The van der Waals surface area contributed by atoms with Crippen molar-refractivity contribution in [3.05, 3.63) is 47.5 Å². The normalized spacial score (nSPS) is 13.9. The number of anilines is 2. The zero-order valence-corrected chi connectivity index (χ0v) is 16.1. The highest BCUT2D eigenvalue weighted by Gasteiger charge is 2.20. The lowest BCUT2D eigenvalue weighted by Gasteiger charge is -2.31. The molecule has 26 heavy (non-hydrogen) atoms. The number of ether oxygens (including phenoxy) is 2. The molecule has 1 heterocycles. The highest BCUT2D eigenvalue weighted by atomic mass is 32.2. The second kappa shape index (κ2) is 7.45. The third-order valence-corrected chi connectivity index (χ3v) is 5.91. The summed E-state index contributed by atoms with van der Waals surface area (Å²) < 4.78 is 36.7. The van der Waals surface area contributed by atoms with E-state index in [1.54, 1.807) is 33.3 Å². The van der Waals surface area contributed by atoms with Gasteiger partial charge in [-0.1, -0.05) is 0 Å². The summed E-state index contributed by atoms with van der Waals surface area (Å²) in [6, 6.07) is 11.6. The maximum atomic E-state index is 11.7. The number of fused-ring (bicyclic) bond motifs is 1. The molecule has 140 valence electrons. The van der Waals surface area contributed by atoms with Crippen molar-refractivity contribution >= 4 is 21.4 Å². The largest absolute Gasteiger partial charge is 0.493 e. The van der Waals surface area contributed by atoms with Gasteiger partial charge in [0.15, 0.2) is 11.5 Å². The van der Waals surface area contributed by atoms with Crippen molar-refractivity contribution < 1.29 is 17.9 Å². The summed E-state index contributed by atoms with van der Waals surface area (Å²) in [5.74, 6) is 1.55. The van der Waals surface area contributed by atoms with E-state index in [1.165, 1.54) is 11.1 Å². The minimum Gasteiger partial charge on any atom is -0.493 e. The zero-order chi connectivity index (χ0) is 18.7. The van der Waals surface area contributed by atoms with E-state index in [2.05, 4.69) is 9.62 Å². The fourth-order valence-corrected chi connectivity index (χ4v) is 3.74. The van der Waals surface area contributed by atoms with Crippen molar-refractivity contribution in [3.63, 3.8) is 0 Å². The Morgan fingerprint density at radius 1 is 1.04 bits per heavy atom. The van der Waals surface area contributed by atoms with Crippen LogP contribution in [0.25, 0.3) is 0 Å². The number of hydrogen-bond acceptors (Lipinski definition) is 5. The van der Waals surface area contributed by atoms with Gasteiger partial charge in [-0.2, -0.15) is 0 Å². The number of nitrogens with zero attached hydrogens (tertiary/aromatic N) is 1. The van der Waals surface area contributed by atoms with Crippen LogP contribution in [0.3, 0.4) is 0 Å². The molecule has 0 saturated heterocycles. The fourth-order valence-electron chi connectivity index (χ4n) is 3.10. The molecule has 1 aliphatic rings. The van der Waals surface area contributed by atoms with Crippen LogP contribution in [0.2, 0.25) is 0 Å². The molecule has 2 aromatic carbocycles. The minimum atomic E-state index is -3.25. The van der Waals surface area contributed by atoms with Gasteiger partial charge in [0.2, 0.25) is 10.0 Å². The van der Waals surface area contributed by atoms with Gasteiger partial charge < -0.3 is 14.4 Å². The number of methoxy groups -OCH3 is 2. The topological polar surface area (TPSA) is 67.9 Å². The van der Waals surface area contributed by atoms with Gasteiger partial charge in [-0.3, -0.25) is 4.72 Å². The molecule has 0 spiro atoms. The van der Waals surface area contributed by atoms with Gasteiger partial charge in [0.1, 0.15) is 0 Å². The number of nitrogens with one attached hydrogen (secondary N) is 1. The summed E-state index contributed by atoms with van der Waals surface area (Å²) in [7, 11) is 0.0324. The zero-order valence-electron chi connectivity index (χ0n) is 15.3. The van der Waals surface area contributed by atoms with E-state index in [0.717, 1.165) is 36.7 Å². The highest BCUT2D eigenvalue weighted by Crippen LogP contribution is 2.34. The summed E-state index contributed by atoms with van der Waals surface area (Å²) in [4.78, 5) is 2.27. The molecule has 1 aliphatic heterocycles. The first-order valence-corrected chi connectivity index (χ1v) is 10.2. The first kappa shape index (κ1) is 18.4. The van der Waals surface area contributed by atoms with Gasteiger partial charge in [0.25, 0.3) is 0 Å². The van der Waals surface area contributed by atoms with Crippen LogP contribution in [0, 0.1) is 0 Å². The van der Waals surface area contributed by atoms with Gasteiger partial charge in [-0.15, -0.1) is 0 Å². The monoisotopic (exact) mass is 376 g/mol. The van der Waals surface area contributed by atoms with E-state index < -0.39 is 10.0 Å². The van der Waals surface area contributed by atoms with Gasteiger partial charge in [-0.05, 0) is 60.9 Å². The molecule has 1 N–H and O–H groups in total. The predicted octanol–water partition coefficient (Wildman–Crippen LogP) is 3.03. The Bertz CT molecular complexity index is 879. The Kier molecular flexibility index (Phi) is 5.27. The third kappa shape index (κ3) is 3.88. The lowest BCUT2D eigenvalue weighted by molar-refractivity contribution is 0.353. The molecular formula is C19H24N2O4S. The van der Waals surface area contributed by atoms with Gasteiger partial charge in [-0.25, -0.2) is 8.42 Å². The van der Waals surface area contributed by atoms with Crippen molar-refractivity contribution in [1.29, 1.82) is 0 Å². The molecule has 3 rings (SSSR count). The minimum absolute atomic E-state index is 0.0585. The molecule has 7 heteroatoms. The second-order valence-electron chi connectivity index (χ2n) is 6.20. The van der Waals surface area contributed by atoms with E-state index in [0.29, 0.717) is 5.69 Å². The Balaban J connectivity index is 1.78. The molecule has 0 bridgehead atoms. The van der Waals surface area contributed by atoms with Crippen molar-refractivity contribution in [2.45, 2.75) is 19.9 Å². The molecule has 0 aromatic heterocycles. The molecule has 0 fully saturated rings. The van der Waals surface area contributed by atoms with Crippen LogP contribution < -0.4 is 19.1 Å². The van der Waals surface area contributed by atoms with E-state index in [9.17, 15) is 8.42 Å². The lowest BCUT2D eigenvalue weighted by atomic mass is 9.98. The van der Waals surface area contributed by atoms with Crippen molar-refractivity contribution in [2.24, 2.45) is 0 Å². The number of sulfonamides is 1. The molecule has 6 nitrogen and oxygen atoms in total. The fraction of sp³-hybridized carbons (Fsp3) is 0.368. The molecule has 0 amide bonds.